The Kier molecular flexibility index (Phi) is 2.83. The largest absolute Gasteiger partial charge is 0.337 e. The first-order valence-electron chi connectivity index (χ1n) is 6.55. The molecule has 2 atom stereocenters. The standard InChI is InChI=1S/C14H18N2O/c17-14(13-7-3-4-8-15-13)16-9-11-5-1-2-6-12(11)10-16/h3-4,7-8,11-12H,1-2,5-6,9-10H2. The highest BCUT2D eigenvalue weighted by Gasteiger charge is 2.36. The number of carbonyl (C=O) groups is 1. The molecular formula is C14H18N2O. The third kappa shape index (κ3) is 2.06. The lowest BCUT2D eigenvalue weighted by molar-refractivity contribution is 0.0778. The van der Waals surface area contributed by atoms with Gasteiger partial charge < -0.3 is 4.90 Å². The number of rotatable bonds is 1. The van der Waals surface area contributed by atoms with E-state index in [1.54, 1.807) is 6.20 Å². The summed E-state index contributed by atoms with van der Waals surface area (Å²) in [5, 5.41) is 0. The summed E-state index contributed by atoms with van der Waals surface area (Å²) >= 11 is 0. The minimum atomic E-state index is 0.111. The summed E-state index contributed by atoms with van der Waals surface area (Å²) in [7, 11) is 0. The van der Waals surface area contributed by atoms with Crippen molar-refractivity contribution >= 4 is 5.91 Å². The maximum Gasteiger partial charge on any atom is 0.272 e. The predicted molar refractivity (Wildman–Crippen MR) is 65.6 cm³/mol. The van der Waals surface area contributed by atoms with Gasteiger partial charge in [-0.1, -0.05) is 18.9 Å². The van der Waals surface area contributed by atoms with E-state index in [-0.39, 0.29) is 5.91 Å². The van der Waals surface area contributed by atoms with Gasteiger partial charge in [0.2, 0.25) is 0 Å². The van der Waals surface area contributed by atoms with Crippen LogP contribution in [0.25, 0.3) is 0 Å². The third-order valence-electron chi connectivity index (χ3n) is 4.15. The van der Waals surface area contributed by atoms with Gasteiger partial charge in [-0.15, -0.1) is 0 Å². The Bertz CT molecular complexity index is 390. The zero-order valence-corrected chi connectivity index (χ0v) is 10.0. The molecule has 0 spiro atoms. The lowest BCUT2D eigenvalue weighted by Gasteiger charge is -2.22. The van der Waals surface area contributed by atoms with Crippen molar-refractivity contribution in [2.45, 2.75) is 25.7 Å². The van der Waals surface area contributed by atoms with E-state index in [1.165, 1.54) is 25.7 Å². The SMILES string of the molecule is O=C(c1ccccn1)N1CC2CCCCC2C1. The van der Waals surface area contributed by atoms with Crippen molar-refractivity contribution in [3.63, 3.8) is 0 Å². The number of aromatic nitrogens is 1. The lowest BCUT2D eigenvalue weighted by Crippen LogP contribution is -2.29. The maximum atomic E-state index is 12.3. The smallest absolute Gasteiger partial charge is 0.272 e. The van der Waals surface area contributed by atoms with E-state index in [2.05, 4.69) is 4.98 Å². The summed E-state index contributed by atoms with van der Waals surface area (Å²) in [5.41, 5.74) is 0.589. The number of hydrogen-bond acceptors (Lipinski definition) is 2. The summed E-state index contributed by atoms with van der Waals surface area (Å²) in [5.74, 6) is 1.60. The summed E-state index contributed by atoms with van der Waals surface area (Å²) in [6.45, 7) is 1.89. The highest BCUT2D eigenvalue weighted by atomic mass is 16.2. The Morgan fingerprint density at radius 2 is 1.88 bits per heavy atom. The van der Waals surface area contributed by atoms with Gasteiger partial charge in [-0.3, -0.25) is 9.78 Å². The molecule has 17 heavy (non-hydrogen) atoms. The van der Waals surface area contributed by atoms with Crippen LogP contribution in [0, 0.1) is 11.8 Å². The molecule has 1 aliphatic heterocycles. The van der Waals surface area contributed by atoms with E-state index < -0.39 is 0 Å². The Morgan fingerprint density at radius 1 is 1.18 bits per heavy atom. The lowest BCUT2D eigenvalue weighted by atomic mass is 9.82. The molecule has 1 aliphatic carbocycles. The minimum absolute atomic E-state index is 0.111. The average Bonchev–Trinajstić information content (AvgIpc) is 2.82. The fraction of sp³-hybridized carbons (Fsp3) is 0.571. The van der Waals surface area contributed by atoms with Gasteiger partial charge in [-0.25, -0.2) is 0 Å². The molecule has 0 radical (unpaired) electrons. The van der Waals surface area contributed by atoms with Crippen LogP contribution in [-0.2, 0) is 0 Å². The molecule has 1 aromatic heterocycles. The molecule has 1 saturated heterocycles. The summed E-state index contributed by atoms with van der Waals surface area (Å²) in [6.07, 6.45) is 6.98. The van der Waals surface area contributed by atoms with Crippen molar-refractivity contribution in [3.05, 3.63) is 30.1 Å². The van der Waals surface area contributed by atoms with Crippen LogP contribution in [0.2, 0.25) is 0 Å². The third-order valence-corrected chi connectivity index (χ3v) is 4.15. The molecule has 2 unspecified atom stereocenters. The first-order valence-corrected chi connectivity index (χ1v) is 6.55. The molecule has 2 fully saturated rings. The fourth-order valence-corrected chi connectivity index (χ4v) is 3.22. The second-order valence-corrected chi connectivity index (χ2v) is 5.23. The summed E-state index contributed by atoms with van der Waals surface area (Å²) in [6, 6.07) is 5.54. The molecule has 1 amide bonds. The van der Waals surface area contributed by atoms with Gasteiger partial charge in [0.15, 0.2) is 0 Å². The number of hydrogen-bond donors (Lipinski definition) is 0. The Hall–Kier alpha value is -1.38. The van der Waals surface area contributed by atoms with Gasteiger partial charge in [-0.05, 0) is 36.8 Å². The molecule has 1 saturated carbocycles. The van der Waals surface area contributed by atoms with Crippen molar-refractivity contribution in [1.82, 2.24) is 9.88 Å². The summed E-state index contributed by atoms with van der Waals surface area (Å²) in [4.78, 5) is 18.4. The van der Waals surface area contributed by atoms with Crippen molar-refractivity contribution in [3.8, 4) is 0 Å². The molecular weight excluding hydrogens is 212 g/mol. The van der Waals surface area contributed by atoms with Crippen molar-refractivity contribution in [2.24, 2.45) is 11.8 Å². The zero-order valence-electron chi connectivity index (χ0n) is 10.0. The molecule has 1 aromatic rings. The number of pyridine rings is 1. The monoisotopic (exact) mass is 230 g/mol. The van der Waals surface area contributed by atoms with Crippen molar-refractivity contribution in [2.75, 3.05) is 13.1 Å². The van der Waals surface area contributed by atoms with Gasteiger partial charge in [0, 0.05) is 19.3 Å². The molecule has 2 aliphatic rings. The first-order chi connectivity index (χ1) is 8.34. The molecule has 0 aromatic carbocycles. The highest BCUT2D eigenvalue weighted by Crippen LogP contribution is 2.36. The number of carbonyl (C=O) groups excluding carboxylic acids is 1. The van der Waals surface area contributed by atoms with Crippen LogP contribution >= 0.6 is 0 Å². The first kappa shape index (κ1) is 10.8. The van der Waals surface area contributed by atoms with Crippen LogP contribution in [0.15, 0.2) is 24.4 Å². The van der Waals surface area contributed by atoms with Gasteiger partial charge >= 0.3 is 0 Å². The van der Waals surface area contributed by atoms with Crippen LogP contribution in [0.3, 0.4) is 0 Å². The van der Waals surface area contributed by atoms with E-state index in [4.69, 9.17) is 0 Å². The quantitative estimate of drug-likeness (QED) is 0.742. The zero-order chi connectivity index (χ0) is 11.7. The van der Waals surface area contributed by atoms with Crippen LogP contribution in [0.4, 0.5) is 0 Å². The van der Waals surface area contributed by atoms with E-state index in [1.807, 2.05) is 23.1 Å². The van der Waals surface area contributed by atoms with Crippen LogP contribution in [0.1, 0.15) is 36.2 Å². The Balaban J connectivity index is 1.72. The minimum Gasteiger partial charge on any atom is -0.337 e. The summed E-state index contributed by atoms with van der Waals surface area (Å²) < 4.78 is 0. The van der Waals surface area contributed by atoms with Crippen LogP contribution in [0.5, 0.6) is 0 Å². The van der Waals surface area contributed by atoms with Gasteiger partial charge in [0.05, 0.1) is 0 Å². The molecule has 3 heteroatoms. The second kappa shape index (κ2) is 4.47. The van der Waals surface area contributed by atoms with E-state index in [9.17, 15) is 4.79 Å². The fourth-order valence-electron chi connectivity index (χ4n) is 3.22. The van der Waals surface area contributed by atoms with Gasteiger partial charge in [-0.2, -0.15) is 0 Å². The maximum absolute atomic E-state index is 12.3. The normalized spacial score (nSPS) is 27.9. The number of amides is 1. The van der Waals surface area contributed by atoms with E-state index in [0.29, 0.717) is 5.69 Å². The molecule has 0 bridgehead atoms. The number of fused-ring (bicyclic) bond motifs is 1. The van der Waals surface area contributed by atoms with Crippen LogP contribution in [-0.4, -0.2) is 28.9 Å². The van der Waals surface area contributed by atoms with Crippen LogP contribution < -0.4 is 0 Å². The van der Waals surface area contributed by atoms with Gasteiger partial charge in [0.25, 0.3) is 5.91 Å². The Labute approximate surface area is 102 Å². The van der Waals surface area contributed by atoms with E-state index in [0.717, 1.165) is 24.9 Å². The highest BCUT2D eigenvalue weighted by molar-refractivity contribution is 5.92. The Morgan fingerprint density at radius 3 is 2.47 bits per heavy atom. The van der Waals surface area contributed by atoms with Gasteiger partial charge in [0.1, 0.15) is 5.69 Å². The number of likely N-dealkylation sites (tertiary alicyclic amines) is 1. The predicted octanol–water partition coefficient (Wildman–Crippen LogP) is 2.34. The molecule has 0 N–H and O–H groups in total. The number of nitrogens with zero attached hydrogens (tertiary/aromatic N) is 2. The topological polar surface area (TPSA) is 33.2 Å². The average molecular weight is 230 g/mol. The second-order valence-electron chi connectivity index (χ2n) is 5.23. The molecule has 90 valence electrons. The molecule has 3 rings (SSSR count). The van der Waals surface area contributed by atoms with Crippen molar-refractivity contribution < 1.29 is 4.79 Å². The molecule has 3 nitrogen and oxygen atoms in total. The van der Waals surface area contributed by atoms with Crippen molar-refractivity contribution in [1.29, 1.82) is 0 Å². The van der Waals surface area contributed by atoms with E-state index >= 15 is 0 Å². The molecule has 2 heterocycles.